The van der Waals surface area contributed by atoms with Gasteiger partial charge in [0.15, 0.2) is 0 Å². The van der Waals surface area contributed by atoms with Crippen molar-refractivity contribution < 1.29 is 9.53 Å². The Morgan fingerprint density at radius 2 is 2.29 bits per heavy atom. The van der Waals surface area contributed by atoms with Crippen LogP contribution >= 0.6 is 0 Å². The van der Waals surface area contributed by atoms with Crippen LogP contribution in [0.15, 0.2) is 36.9 Å². The third-order valence-electron chi connectivity index (χ3n) is 2.59. The Bertz CT molecular complexity index is 507. The molecule has 5 heteroatoms. The van der Waals surface area contributed by atoms with Gasteiger partial charge in [0, 0.05) is 6.20 Å². The van der Waals surface area contributed by atoms with Gasteiger partial charge in [0.2, 0.25) is 0 Å². The molecular weight excluding hydrogens is 218 g/mol. The quantitative estimate of drug-likeness (QED) is 0.754. The van der Waals surface area contributed by atoms with Crippen LogP contribution in [0.25, 0.3) is 0 Å². The number of esters is 1. The van der Waals surface area contributed by atoms with E-state index in [1.165, 1.54) is 13.3 Å². The predicted octanol–water partition coefficient (Wildman–Crippen LogP) is 1.67. The van der Waals surface area contributed by atoms with Gasteiger partial charge in [0.1, 0.15) is 5.69 Å². The van der Waals surface area contributed by atoms with E-state index in [9.17, 15) is 4.79 Å². The number of methoxy groups -OCH3 is 1. The first-order chi connectivity index (χ1) is 8.24. The molecule has 2 aromatic rings. The van der Waals surface area contributed by atoms with Crippen molar-refractivity contribution in [3.8, 4) is 0 Å². The highest BCUT2D eigenvalue weighted by Gasteiger charge is 2.17. The Hall–Kier alpha value is -2.17. The highest BCUT2D eigenvalue weighted by Crippen LogP contribution is 2.17. The molecule has 0 radical (unpaired) electrons. The molecule has 2 aromatic heterocycles. The number of ether oxygens (including phenoxy) is 1. The summed E-state index contributed by atoms with van der Waals surface area (Å²) < 4.78 is 6.45. The van der Waals surface area contributed by atoms with Crippen LogP contribution in [0.3, 0.4) is 0 Å². The smallest absolute Gasteiger partial charge is 0.356 e. The fourth-order valence-electron chi connectivity index (χ4n) is 1.64. The molecule has 0 saturated heterocycles. The molecule has 17 heavy (non-hydrogen) atoms. The molecule has 0 amide bonds. The highest BCUT2D eigenvalue weighted by molar-refractivity contribution is 5.87. The van der Waals surface area contributed by atoms with Crippen molar-refractivity contribution in [2.75, 3.05) is 7.11 Å². The average Bonchev–Trinajstić information content (AvgIpc) is 2.87. The third kappa shape index (κ3) is 2.18. The molecule has 1 atom stereocenters. The van der Waals surface area contributed by atoms with E-state index in [1.807, 2.05) is 25.1 Å². The summed E-state index contributed by atoms with van der Waals surface area (Å²) in [4.78, 5) is 19.8. The van der Waals surface area contributed by atoms with E-state index in [0.717, 1.165) is 5.69 Å². The molecule has 2 heterocycles. The topological polar surface area (TPSA) is 57.0 Å². The maximum absolute atomic E-state index is 11.5. The zero-order valence-electron chi connectivity index (χ0n) is 9.70. The van der Waals surface area contributed by atoms with E-state index in [1.54, 1.807) is 17.1 Å². The predicted molar refractivity (Wildman–Crippen MR) is 61.6 cm³/mol. The maximum Gasteiger partial charge on any atom is 0.356 e. The normalized spacial score (nSPS) is 12.1. The van der Waals surface area contributed by atoms with Gasteiger partial charge in [-0.15, -0.1) is 0 Å². The summed E-state index contributed by atoms with van der Waals surface area (Å²) in [7, 11) is 1.35. The van der Waals surface area contributed by atoms with Gasteiger partial charge in [-0.3, -0.25) is 4.98 Å². The van der Waals surface area contributed by atoms with Crippen LogP contribution in [0, 0.1) is 0 Å². The van der Waals surface area contributed by atoms with Crippen molar-refractivity contribution >= 4 is 5.97 Å². The van der Waals surface area contributed by atoms with Crippen molar-refractivity contribution in [3.63, 3.8) is 0 Å². The molecule has 0 aliphatic carbocycles. The first kappa shape index (κ1) is 11.3. The summed E-state index contributed by atoms with van der Waals surface area (Å²) in [5.41, 5.74) is 1.29. The number of carbonyl (C=O) groups is 1. The van der Waals surface area contributed by atoms with Gasteiger partial charge in [-0.05, 0) is 19.1 Å². The molecule has 0 spiro atoms. The molecule has 0 aromatic carbocycles. The van der Waals surface area contributed by atoms with Gasteiger partial charge in [0.05, 0.1) is 31.4 Å². The van der Waals surface area contributed by atoms with E-state index in [-0.39, 0.29) is 6.04 Å². The van der Waals surface area contributed by atoms with Gasteiger partial charge in [-0.25, -0.2) is 9.78 Å². The number of hydrogen-bond acceptors (Lipinski definition) is 4. The summed E-state index contributed by atoms with van der Waals surface area (Å²) in [6, 6.07) is 5.61. The van der Waals surface area contributed by atoms with Gasteiger partial charge in [-0.2, -0.15) is 0 Å². The summed E-state index contributed by atoms with van der Waals surface area (Å²) in [5, 5.41) is 0. The molecule has 0 bridgehead atoms. The minimum absolute atomic E-state index is 0.0622. The number of aromatic nitrogens is 3. The second-order valence-electron chi connectivity index (χ2n) is 3.61. The Kier molecular flexibility index (Phi) is 3.18. The summed E-state index contributed by atoms with van der Waals surface area (Å²) in [6.45, 7) is 1.95. The number of imidazole rings is 1. The fraction of sp³-hybridized carbons (Fsp3) is 0.250. The van der Waals surface area contributed by atoms with Crippen LogP contribution in [0.4, 0.5) is 0 Å². The minimum atomic E-state index is -0.398. The van der Waals surface area contributed by atoms with Crippen LogP contribution in [-0.2, 0) is 4.74 Å². The Morgan fingerprint density at radius 1 is 1.47 bits per heavy atom. The fourth-order valence-corrected chi connectivity index (χ4v) is 1.64. The van der Waals surface area contributed by atoms with Crippen molar-refractivity contribution in [1.82, 2.24) is 14.5 Å². The van der Waals surface area contributed by atoms with E-state index in [0.29, 0.717) is 5.69 Å². The monoisotopic (exact) mass is 231 g/mol. The number of hydrogen-bond donors (Lipinski definition) is 0. The first-order valence-electron chi connectivity index (χ1n) is 5.25. The average molecular weight is 231 g/mol. The third-order valence-corrected chi connectivity index (χ3v) is 2.59. The van der Waals surface area contributed by atoms with E-state index in [4.69, 9.17) is 4.74 Å². The van der Waals surface area contributed by atoms with Crippen molar-refractivity contribution in [1.29, 1.82) is 0 Å². The molecule has 5 nitrogen and oxygen atoms in total. The Balaban J connectivity index is 2.35. The van der Waals surface area contributed by atoms with E-state index < -0.39 is 5.97 Å². The van der Waals surface area contributed by atoms with E-state index in [2.05, 4.69) is 9.97 Å². The number of nitrogens with zero attached hydrogens (tertiary/aromatic N) is 3. The number of carbonyl (C=O) groups excluding carboxylic acids is 1. The second-order valence-corrected chi connectivity index (χ2v) is 3.61. The van der Waals surface area contributed by atoms with Gasteiger partial charge in [0.25, 0.3) is 0 Å². The van der Waals surface area contributed by atoms with Crippen molar-refractivity contribution in [2.45, 2.75) is 13.0 Å². The summed E-state index contributed by atoms with van der Waals surface area (Å²) >= 11 is 0. The highest BCUT2D eigenvalue weighted by atomic mass is 16.5. The lowest BCUT2D eigenvalue weighted by Gasteiger charge is -2.14. The zero-order valence-corrected chi connectivity index (χ0v) is 9.70. The molecule has 0 N–H and O–H groups in total. The molecule has 0 fully saturated rings. The van der Waals surface area contributed by atoms with Crippen LogP contribution in [0.2, 0.25) is 0 Å². The maximum atomic E-state index is 11.5. The molecule has 0 aliphatic heterocycles. The van der Waals surface area contributed by atoms with Crippen LogP contribution in [-0.4, -0.2) is 27.6 Å². The van der Waals surface area contributed by atoms with Crippen LogP contribution in [0.1, 0.15) is 29.1 Å². The van der Waals surface area contributed by atoms with Crippen molar-refractivity contribution in [2.24, 2.45) is 0 Å². The Morgan fingerprint density at radius 3 is 2.94 bits per heavy atom. The lowest BCUT2D eigenvalue weighted by molar-refractivity contribution is 0.0587. The second kappa shape index (κ2) is 4.78. The van der Waals surface area contributed by atoms with Crippen LogP contribution < -0.4 is 0 Å². The molecular formula is C12H13N3O2. The summed E-state index contributed by atoms with van der Waals surface area (Å²) in [6.07, 6.45) is 4.82. The minimum Gasteiger partial charge on any atom is -0.464 e. The first-order valence-corrected chi connectivity index (χ1v) is 5.25. The molecule has 0 unspecified atom stereocenters. The molecule has 0 aliphatic rings. The molecule has 88 valence electrons. The largest absolute Gasteiger partial charge is 0.464 e. The Labute approximate surface area is 99.1 Å². The van der Waals surface area contributed by atoms with Crippen LogP contribution in [0.5, 0.6) is 0 Å². The lowest BCUT2D eigenvalue weighted by Crippen LogP contribution is -2.15. The van der Waals surface area contributed by atoms with Gasteiger partial charge in [-0.1, -0.05) is 6.07 Å². The zero-order chi connectivity index (χ0) is 12.3. The standard InChI is InChI=1S/C12H13N3O2/c1-9(10-5-3-4-6-14-10)15-8-13-7-11(15)12(16)17-2/h3-9H,1-2H3/t9-/m1/s1. The van der Waals surface area contributed by atoms with Gasteiger partial charge >= 0.3 is 5.97 Å². The van der Waals surface area contributed by atoms with E-state index >= 15 is 0 Å². The molecule has 0 saturated carbocycles. The van der Waals surface area contributed by atoms with Gasteiger partial charge < -0.3 is 9.30 Å². The number of rotatable bonds is 3. The number of pyridine rings is 1. The van der Waals surface area contributed by atoms with Crippen molar-refractivity contribution in [3.05, 3.63) is 48.3 Å². The molecule has 2 rings (SSSR count). The SMILES string of the molecule is COC(=O)c1cncn1[C@H](C)c1ccccn1. The summed E-state index contributed by atoms with van der Waals surface area (Å²) in [5.74, 6) is -0.398. The lowest BCUT2D eigenvalue weighted by atomic mass is 10.2.